The lowest BCUT2D eigenvalue weighted by Gasteiger charge is -2.11. The standard InChI is InChI=1S/C48H28N6/c1-5-34(26-35(6-1)42-18-15-31-12-11-30-7-2-22-49-45(30)47(31)54-42)40-20-17-36-25-32(16-19-41(36)52-40)33-13-10-29-14-21-43(53-44(29)28-33)39-27-37-8-3-23-50-46(37)48-38(39)9-4-24-51-48/h1-28H. The van der Waals surface area contributed by atoms with Crippen LogP contribution in [0.25, 0.3) is 110 Å². The van der Waals surface area contributed by atoms with Gasteiger partial charge in [-0.15, -0.1) is 0 Å². The Hall–Kier alpha value is -7.44. The first-order chi connectivity index (χ1) is 26.7. The molecule has 6 aromatic heterocycles. The zero-order valence-electron chi connectivity index (χ0n) is 28.8. The Morgan fingerprint density at radius 3 is 1.74 bits per heavy atom. The van der Waals surface area contributed by atoms with Crippen LogP contribution in [-0.2, 0) is 0 Å². The second-order valence-electron chi connectivity index (χ2n) is 13.6. The largest absolute Gasteiger partial charge is 0.254 e. The summed E-state index contributed by atoms with van der Waals surface area (Å²) in [7, 11) is 0. The average Bonchev–Trinajstić information content (AvgIpc) is 3.25. The van der Waals surface area contributed by atoms with Gasteiger partial charge in [0, 0.05) is 67.6 Å². The Labute approximate surface area is 309 Å². The molecule has 0 amide bonds. The van der Waals surface area contributed by atoms with E-state index in [-0.39, 0.29) is 0 Å². The van der Waals surface area contributed by atoms with Crippen molar-refractivity contribution in [2.24, 2.45) is 0 Å². The molecule has 250 valence electrons. The molecule has 11 rings (SSSR count). The van der Waals surface area contributed by atoms with E-state index >= 15 is 0 Å². The first-order valence-corrected chi connectivity index (χ1v) is 17.9. The molecule has 11 aromatic rings. The number of benzene rings is 5. The van der Waals surface area contributed by atoms with Crippen molar-refractivity contribution in [1.29, 1.82) is 0 Å². The summed E-state index contributed by atoms with van der Waals surface area (Å²) < 4.78 is 0. The number of pyridine rings is 6. The Balaban J connectivity index is 0.929. The molecule has 0 spiro atoms. The van der Waals surface area contributed by atoms with E-state index in [0.29, 0.717) is 0 Å². The van der Waals surface area contributed by atoms with Gasteiger partial charge in [0.25, 0.3) is 0 Å². The van der Waals surface area contributed by atoms with Crippen molar-refractivity contribution in [2.75, 3.05) is 0 Å². The molecule has 6 nitrogen and oxygen atoms in total. The highest BCUT2D eigenvalue weighted by Gasteiger charge is 2.13. The van der Waals surface area contributed by atoms with Gasteiger partial charge in [0.15, 0.2) is 0 Å². The molecule has 54 heavy (non-hydrogen) atoms. The maximum Gasteiger partial charge on any atom is 0.0972 e. The highest BCUT2D eigenvalue weighted by atomic mass is 14.8. The smallest absolute Gasteiger partial charge is 0.0972 e. The molecule has 5 aromatic carbocycles. The van der Waals surface area contributed by atoms with E-state index in [4.69, 9.17) is 19.9 Å². The topological polar surface area (TPSA) is 77.3 Å². The summed E-state index contributed by atoms with van der Waals surface area (Å²) in [5.74, 6) is 0. The van der Waals surface area contributed by atoms with Crippen LogP contribution in [0.4, 0.5) is 0 Å². The molecule has 0 aliphatic heterocycles. The summed E-state index contributed by atoms with van der Waals surface area (Å²) >= 11 is 0. The van der Waals surface area contributed by atoms with Crippen LogP contribution in [0.5, 0.6) is 0 Å². The minimum Gasteiger partial charge on any atom is -0.254 e. The van der Waals surface area contributed by atoms with Crippen LogP contribution < -0.4 is 0 Å². The van der Waals surface area contributed by atoms with Crippen molar-refractivity contribution in [3.8, 4) is 44.9 Å². The van der Waals surface area contributed by atoms with E-state index in [1.54, 1.807) is 0 Å². The maximum absolute atomic E-state index is 5.19. The summed E-state index contributed by atoms with van der Waals surface area (Å²) in [6, 6.07) is 52.6. The Kier molecular flexibility index (Phi) is 6.75. The van der Waals surface area contributed by atoms with E-state index in [9.17, 15) is 0 Å². The van der Waals surface area contributed by atoms with E-state index in [2.05, 4.69) is 143 Å². The summed E-state index contributed by atoms with van der Waals surface area (Å²) in [5, 5.41) is 6.41. The van der Waals surface area contributed by atoms with Gasteiger partial charge >= 0.3 is 0 Å². The third kappa shape index (κ3) is 5.04. The minimum absolute atomic E-state index is 0.885. The van der Waals surface area contributed by atoms with Crippen molar-refractivity contribution < 1.29 is 0 Å². The minimum atomic E-state index is 0.885. The van der Waals surface area contributed by atoms with Crippen LogP contribution in [0.1, 0.15) is 0 Å². The summed E-state index contributed by atoms with van der Waals surface area (Å²) in [6.07, 6.45) is 5.46. The molecule has 0 saturated carbocycles. The molecule has 0 aliphatic carbocycles. The number of fused-ring (bicyclic) bond motifs is 8. The number of aromatic nitrogens is 6. The quantitative estimate of drug-likeness (QED) is 0.171. The Bertz CT molecular complexity index is 3300. The third-order valence-corrected chi connectivity index (χ3v) is 10.3. The van der Waals surface area contributed by atoms with Crippen molar-refractivity contribution >= 4 is 65.4 Å². The van der Waals surface area contributed by atoms with Gasteiger partial charge in [0.1, 0.15) is 0 Å². The molecule has 0 unspecified atom stereocenters. The van der Waals surface area contributed by atoms with Crippen molar-refractivity contribution in [1.82, 2.24) is 29.9 Å². The molecule has 0 atom stereocenters. The number of nitrogens with zero attached hydrogens (tertiary/aromatic N) is 6. The molecule has 6 heterocycles. The molecule has 0 N–H and O–H groups in total. The van der Waals surface area contributed by atoms with Crippen molar-refractivity contribution in [2.45, 2.75) is 0 Å². The predicted molar refractivity (Wildman–Crippen MR) is 220 cm³/mol. The summed E-state index contributed by atoms with van der Waals surface area (Å²) in [6.45, 7) is 0. The second-order valence-corrected chi connectivity index (χ2v) is 13.6. The van der Waals surface area contributed by atoms with E-state index in [0.717, 1.165) is 110 Å². The zero-order valence-corrected chi connectivity index (χ0v) is 28.8. The zero-order chi connectivity index (χ0) is 35.6. The first-order valence-electron chi connectivity index (χ1n) is 17.9. The van der Waals surface area contributed by atoms with E-state index in [1.165, 1.54) is 0 Å². The highest BCUT2D eigenvalue weighted by Crippen LogP contribution is 2.35. The Morgan fingerprint density at radius 2 is 0.889 bits per heavy atom. The summed E-state index contributed by atoms with van der Waals surface area (Å²) in [5.41, 5.74) is 13.6. The molecule has 0 saturated heterocycles. The fraction of sp³-hybridized carbons (Fsp3) is 0. The highest BCUT2D eigenvalue weighted by molar-refractivity contribution is 6.10. The van der Waals surface area contributed by atoms with Crippen LogP contribution in [0, 0.1) is 0 Å². The monoisotopic (exact) mass is 688 g/mol. The van der Waals surface area contributed by atoms with Gasteiger partial charge in [-0.1, -0.05) is 84.9 Å². The molecular formula is C48H28N6. The SMILES string of the molecule is c1cc(-c2ccc3cc(-c4ccc5ccc(-c6cc7cccnc7c7ncccc67)nc5c4)ccc3n2)cc(-c2ccc3ccc4cccnc4c3n2)c1. The summed E-state index contributed by atoms with van der Waals surface area (Å²) in [4.78, 5) is 29.3. The number of rotatable bonds is 4. The second kappa shape index (κ2) is 12.1. The van der Waals surface area contributed by atoms with Gasteiger partial charge < -0.3 is 0 Å². The van der Waals surface area contributed by atoms with Crippen molar-refractivity contribution in [3.63, 3.8) is 0 Å². The molecule has 0 aliphatic rings. The van der Waals surface area contributed by atoms with Gasteiger partial charge in [-0.25, -0.2) is 15.0 Å². The molecule has 0 bridgehead atoms. The van der Waals surface area contributed by atoms with Gasteiger partial charge in [-0.2, -0.15) is 0 Å². The lowest BCUT2D eigenvalue weighted by atomic mass is 9.99. The van der Waals surface area contributed by atoms with Gasteiger partial charge in [-0.3, -0.25) is 15.0 Å². The van der Waals surface area contributed by atoms with E-state index in [1.807, 2.05) is 36.8 Å². The third-order valence-electron chi connectivity index (χ3n) is 10.3. The molecule has 0 radical (unpaired) electrons. The van der Waals surface area contributed by atoms with Crippen molar-refractivity contribution in [3.05, 3.63) is 170 Å². The fourth-order valence-corrected chi connectivity index (χ4v) is 7.62. The molecule has 6 heteroatoms. The lowest BCUT2D eigenvalue weighted by molar-refractivity contribution is 1.36. The number of hydrogen-bond donors (Lipinski definition) is 0. The molecular weight excluding hydrogens is 661 g/mol. The van der Waals surface area contributed by atoms with Gasteiger partial charge in [-0.05, 0) is 77.9 Å². The van der Waals surface area contributed by atoms with Crippen LogP contribution >= 0.6 is 0 Å². The van der Waals surface area contributed by atoms with Crippen LogP contribution in [-0.4, -0.2) is 29.9 Å². The Morgan fingerprint density at radius 1 is 0.296 bits per heavy atom. The molecule has 0 fully saturated rings. The van der Waals surface area contributed by atoms with Crippen LogP contribution in [0.2, 0.25) is 0 Å². The normalized spacial score (nSPS) is 11.7. The predicted octanol–water partition coefficient (Wildman–Crippen LogP) is 11.6. The van der Waals surface area contributed by atoms with Gasteiger partial charge in [0.2, 0.25) is 0 Å². The maximum atomic E-state index is 5.19. The van der Waals surface area contributed by atoms with E-state index < -0.39 is 0 Å². The lowest BCUT2D eigenvalue weighted by Crippen LogP contribution is -1.91. The average molecular weight is 689 g/mol. The van der Waals surface area contributed by atoms with Gasteiger partial charge in [0.05, 0.1) is 50.2 Å². The first kappa shape index (κ1) is 30.2. The number of hydrogen-bond acceptors (Lipinski definition) is 6. The fourth-order valence-electron chi connectivity index (χ4n) is 7.62. The van der Waals surface area contributed by atoms with Crippen LogP contribution in [0.3, 0.4) is 0 Å². The van der Waals surface area contributed by atoms with Crippen LogP contribution in [0.15, 0.2) is 170 Å².